The molecule has 1 atom stereocenters. The Balaban J connectivity index is 1.56. The number of amides is 1. The predicted molar refractivity (Wildman–Crippen MR) is 92.7 cm³/mol. The average molecular weight is 379 g/mol. The Kier molecular flexibility index (Phi) is 5.13. The van der Waals surface area contributed by atoms with Crippen LogP contribution < -0.4 is 19.5 Å². The maximum atomic E-state index is 12.1. The number of nitrogens with one attached hydrogen (secondary N) is 1. The molecule has 9 heteroatoms. The molecule has 2 aromatic rings. The summed E-state index contributed by atoms with van der Waals surface area (Å²) in [5, 5.41) is 13.5. The maximum Gasteiger partial charge on any atom is 0.271 e. The molecule has 136 valence electrons. The van der Waals surface area contributed by atoms with Gasteiger partial charge in [-0.1, -0.05) is 17.7 Å². The molecule has 0 unspecified atom stereocenters. The molecule has 0 saturated carbocycles. The number of carbonyl (C=O) groups is 1. The first kappa shape index (κ1) is 17.8. The number of rotatable bonds is 6. The summed E-state index contributed by atoms with van der Waals surface area (Å²) in [7, 11) is 0. The van der Waals surface area contributed by atoms with Crippen LogP contribution in [0.25, 0.3) is 0 Å². The number of nitro benzene ring substituents is 1. The van der Waals surface area contributed by atoms with Gasteiger partial charge in [-0.2, -0.15) is 0 Å². The van der Waals surface area contributed by atoms with Crippen LogP contribution in [0.5, 0.6) is 17.2 Å². The first-order valence-electron chi connectivity index (χ1n) is 7.69. The molecule has 1 heterocycles. The summed E-state index contributed by atoms with van der Waals surface area (Å²) in [6.07, 6.45) is 0. The van der Waals surface area contributed by atoms with Gasteiger partial charge in [0.05, 0.1) is 16.0 Å². The SMILES string of the molecule is C[C@@H](NC(=O)COc1ccc([N+](=O)[O-])cc1Cl)c1ccc2c(c1)OCO2. The Morgan fingerprint density at radius 1 is 1.31 bits per heavy atom. The van der Waals surface area contributed by atoms with Gasteiger partial charge in [-0.3, -0.25) is 14.9 Å². The number of benzene rings is 2. The minimum absolute atomic E-state index is 0.0656. The van der Waals surface area contributed by atoms with Crippen LogP contribution in [-0.2, 0) is 4.79 Å². The molecule has 0 spiro atoms. The van der Waals surface area contributed by atoms with Gasteiger partial charge >= 0.3 is 0 Å². The second-order valence-electron chi connectivity index (χ2n) is 5.56. The van der Waals surface area contributed by atoms with Crippen molar-refractivity contribution in [2.24, 2.45) is 0 Å². The third-order valence-electron chi connectivity index (χ3n) is 3.76. The number of nitro groups is 1. The Morgan fingerprint density at radius 3 is 2.81 bits per heavy atom. The van der Waals surface area contributed by atoms with E-state index in [1.54, 1.807) is 12.1 Å². The summed E-state index contributed by atoms with van der Waals surface area (Å²) in [6.45, 7) is 1.74. The lowest BCUT2D eigenvalue weighted by atomic mass is 10.1. The van der Waals surface area contributed by atoms with Crippen LogP contribution in [0.1, 0.15) is 18.5 Å². The molecular weight excluding hydrogens is 364 g/mol. The van der Waals surface area contributed by atoms with Crippen LogP contribution >= 0.6 is 11.6 Å². The monoisotopic (exact) mass is 378 g/mol. The highest BCUT2D eigenvalue weighted by atomic mass is 35.5. The van der Waals surface area contributed by atoms with Gasteiger partial charge in [-0.25, -0.2) is 0 Å². The Bertz CT molecular complexity index is 857. The molecule has 0 bridgehead atoms. The summed E-state index contributed by atoms with van der Waals surface area (Å²) in [4.78, 5) is 22.2. The van der Waals surface area contributed by atoms with Crippen LogP contribution in [0.4, 0.5) is 5.69 Å². The lowest BCUT2D eigenvalue weighted by Gasteiger charge is -2.15. The fourth-order valence-corrected chi connectivity index (χ4v) is 2.64. The van der Waals surface area contributed by atoms with Crippen molar-refractivity contribution >= 4 is 23.2 Å². The molecule has 8 nitrogen and oxygen atoms in total. The number of halogens is 1. The van der Waals surface area contributed by atoms with E-state index >= 15 is 0 Å². The summed E-state index contributed by atoms with van der Waals surface area (Å²) in [6, 6.07) is 8.95. The standard InChI is InChI=1S/C17H15ClN2O6/c1-10(11-2-4-15-16(6-11)26-9-25-15)19-17(21)8-24-14-5-3-12(20(22)23)7-13(14)18/h2-7,10H,8-9H2,1H3,(H,19,21)/t10-/m1/s1. The van der Waals surface area contributed by atoms with Crippen molar-refractivity contribution in [1.29, 1.82) is 0 Å². The van der Waals surface area contributed by atoms with Crippen LogP contribution in [0, 0.1) is 10.1 Å². The molecule has 1 amide bonds. The number of hydrogen-bond donors (Lipinski definition) is 1. The number of hydrogen-bond acceptors (Lipinski definition) is 6. The van der Waals surface area contributed by atoms with Crippen LogP contribution in [0.3, 0.4) is 0 Å². The highest BCUT2D eigenvalue weighted by Crippen LogP contribution is 2.34. The molecule has 3 rings (SSSR count). The molecule has 0 radical (unpaired) electrons. The molecule has 26 heavy (non-hydrogen) atoms. The van der Waals surface area contributed by atoms with E-state index in [2.05, 4.69) is 5.32 Å². The molecular formula is C17H15ClN2O6. The van der Waals surface area contributed by atoms with E-state index in [-0.39, 0.29) is 41.8 Å². The van der Waals surface area contributed by atoms with Crippen molar-refractivity contribution in [3.8, 4) is 17.2 Å². The van der Waals surface area contributed by atoms with Gasteiger partial charge < -0.3 is 19.5 Å². The highest BCUT2D eigenvalue weighted by Gasteiger charge is 2.17. The van der Waals surface area contributed by atoms with Crippen molar-refractivity contribution in [1.82, 2.24) is 5.32 Å². The zero-order valence-electron chi connectivity index (χ0n) is 13.7. The second-order valence-corrected chi connectivity index (χ2v) is 5.97. The molecule has 0 aromatic heterocycles. The number of carbonyl (C=O) groups excluding carboxylic acids is 1. The lowest BCUT2D eigenvalue weighted by molar-refractivity contribution is -0.384. The highest BCUT2D eigenvalue weighted by molar-refractivity contribution is 6.32. The first-order valence-corrected chi connectivity index (χ1v) is 8.07. The zero-order chi connectivity index (χ0) is 18.7. The molecule has 1 aliphatic rings. The third-order valence-corrected chi connectivity index (χ3v) is 4.05. The summed E-state index contributed by atoms with van der Waals surface area (Å²) >= 11 is 5.93. The van der Waals surface area contributed by atoms with Crippen molar-refractivity contribution in [2.45, 2.75) is 13.0 Å². The molecule has 2 aromatic carbocycles. The largest absolute Gasteiger partial charge is 0.482 e. The van der Waals surface area contributed by atoms with Gasteiger partial charge in [-0.15, -0.1) is 0 Å². The number of non-ortho nitro benzene ring substituents is 1. The van der Waals surface area contributed by atoms with Crippen LogP contribution in [0.2, 0.25) is 5.02 Å². The molecule has 0 saturated heterocycles. The van der Waals surface area contributed by atoms with Gasteiger partial charge in [0.2, 0.25) is 6.79 Å². The Morgan fingerprint density at radius 2 is 2.08 bits per heavy atom. The van der Waals surface area contributed by atoms with Gasteiger partial charge in [0, 0.05) is 12.1 Å². The lowest BCUT2D eigenvalue weighted by Crippen LogP contribution is -2.31. The smallest absolute Gasteiger partial charge is 0.271 e. The van der Waals surface area contributed by atoms with Gasteiger partial charge in [-0.05, 0) is 30.7 Å². The fourth-order valence-electron chi connectivity index (χ4n) is 2.41. The second kappa shape index (κ2) is 7.49. The average Bonchev–Trinajstić information content (AvgIpc) is 3.08. The third kappa shape index (κ3) is 3.97. The van der Waals surface area contributed by atoms with Crippen LogP contribution in [0.15, 0.2) is 36.4 Å². The van der Waals surface area contributed by atoms with E-state index < -0.39 is 4.92 Å². The summed E-state index contributed by atoms with van der Waals surface area (Å²) in [5.74, 6) is 1.15. The van der Waals surface area contributed by atoms with E-state index in [9.17, 15) is 14.9 Å². The molecule has 0 fully saturated rings. The van der Waals surface area contributed by atoms with E-state index in [1.165, 1.54) is 18.2 Å². The molecule has 1 N–H and O–H groups in total. The molecule has 1 aliphatic heterocycles. The van der Waals surface area contributed by atoms with E-state index in [1.807, 2.05) is 13.0 Å². The normalized spacial score (nSPS) is 13.2. The topological polar surface area (TPSA) is 99.9 Å². The molecule has 0 aliphatic carbocycles. The zero-order valence-corrected chi connectivity index (χ0v) is 14.5. The minimum Gasteiger partial charge on any atom is -0.482 e. The Labute approximate surface area is 153 Å². The number of ether oxygens (including phenoxy) is 3. The van der Waals surface area contributed by atoms with Crippen molar-refractivity contribution < 1.29 is 23.9 Å². The van der Waals surface area contributed by atoms with Crippen molar-refractivity contribution in [3.05, 3.63) is 57.1 Å². The van der Waals surface area contributed by atoms with E-state index in [4.69, 9.17) is 25.8 Å². The number of fused-ring (bicyclic) bond motifs is 1. The quantitative estimate of drug-likeness (QED) is 0.611. The van der Waals surface area contributed by atoms with Crippen LogP contribution in [-0.4, -0.2) is 24.2 Å². The first-order chi connectivity index (χ1) is 12.4. The van der Waals surface area contributed by atoms with Crippen molar-refractivity contribution in [3.63, 3.8) is 0 Å². The van der Waals surface area contributed by atoms with Gasteiger partial charge in [0.1, 0.15) is 5.75 Å². The summed E-state index contributed by atoms with van der Waals surface area (Å²) in [5.41, 5.74) is 0.708. The van der Waals surface area contributed by atoms with E-state index in [0.29, 0.717) is 11.5 Å². The predicted octanol–water partition coefficient (Wildman–Crippen LogP) is 3.23. The number of nitrogens with zero attached hydrogens (tertiary/aromatic N) is 1. The summed E-state index contributed by atoms with van der Waals surface area (Å²) < 4.78 is 15.9. The van der Waals surface area contributed by atoms with E-state index in [0.717, 1.165) is 5.56 Å². The Hall–Kier alpha value is -3.00. The van der Waals surface area contributed by atoms with Gasteiger partial charge in [0.15, 0.2) is 18.1 Å². The minimum atomic E-state index is -0.560. The fraction of sp³-hybridized carbons (Fsp3) is 0.235. The van der Waals surface area contributed by atoms with Gasteiger partial charge in [0.25, 0.3) is 11.6 Å². The van der Waals surface area contributed by atoms with Crippen molar-refractivity contribution in [2.75, 3.05) is 13.4 Å². The maximum absolute atomic E-state index is 12.1.